The van der Waals surface area contributed by atoms with Crippen LogP contribution >= 0.6 is 0 Å². The molecule has 0 aliphatic heterocycles. The van der Waals surface area contributed by atoms with Gasteiger partial charge in [0.2, 0.25) is 0 Å². The largest absolute Gasteiger partial charge is 0.329 e. The van der Waals surface area contributed by atoms with E-state index in [-0.39, 0.29) is 6.04 Å². The van der Waals surface area contributed by atoms with Crippen LogP contribution < -0.4 is 11.1 Å². The zero-order valence-electron chi connectivity index (χ0n) is 8.84. The second-order valence-electron chi connectivity index (χ2n) is 3.40. The van der Waals surface area contributed by atoms with E-state index in [0.29, 0.717) is 12.6 Å². The van der Waals surface area contributed by atoms with E-state index in [4.69, 9.17) is 12.2 Å². The predicted molar refractivity (Wildman–Crippen MR) is 58.4 cm³/mol. The maximum absolute atomic E-state index is 5.63. The summed E-state index contributed by atoms with van der Waals surface area (Å²) >= 11 is 0. The number of hydrogen-bond donors (Lipinski definition) is 2. The van der Waals surface area contributed by atoms with E-state index < -0.39 is 0 Å². The van der Waals surface area contributed by atoms with E-state index in [0.717, 1.165) is 25.7 Å². The normalized spacial score (nSPS) is 14.9. The molecular formula is C11H22N2. The molecule has 0 aromatic carbocycles. The fourth-order valence-corrected chi connectivity index (χ4v) is 1.41. The SMILES string of the molecule is C#CC(CCC)NC(CN)CCC. The average molecular weight is 182 g/mol. The van der Waals surface area contributed by atoms with E-state index >= 15 is 0 Å². The van der Waals surface area contributed by atoms with Crippen LogP contribution in [0.2, 0.25) is 0 Å². The molecule has 0 aliphatic carbocycles. The molecule has 0 amide bonds. The highest BCUT2D eigenvalue weighted by Crippen LogP contribution is 2.00. The highest BCUT2D eigenvalue weighted by Gasteiger charge is 2.09. The third-order valence-electron chi connectivity index (χ3n) is 2.14. The van der Waals surface area contributed by atoms with Gasteiger partial charge in [0.25, 0.3) is 0 Å². The quantitative estimate of drug-likeness (QED) is 0.586. The first-order valence-electron chi connectivity index (χ1n) is 5.20. The Morgan fingerprint density at radius 2 is 1.92 bits per heavy atom. The third-order valence-corrected chi connectivity index (χ3v) is 2.14. The summed E-state index contributed by atoms with van der Waals surface area (Å²) in [5.41, 5.74) is 5.63. The van der Waals surface area contributed by atoms with Crippen LogP contribution in [0.25, 0.3) is 0 Å². The molecule has 0 saturated heterocycles. The lowest BCUT2D eigenvalue weighted by molar-refractivity contribution is 0.437. The van der Waals surface area contributed by atoms with Gasteiger partial charge < -0.3 is 5.73 Å². The first kappa shape index (κ1) is 12.5. The second kappa shape index (κ2) is 8.10. The maximum atomic E-state index is 5.63. The Morgan fingerprint density at radius 1 is 1.31 bits per heavy atom. The minimum atomic E-state index is 0.199. The molecule has 0 bridgehead atoms. The lowest BCUT2D eigenvalue weighted by atomic mass is 10.1. The molecule has 2 unspecified atom stereocenters. The molecular weight excluding hydrogens is 160 g/mol. The lowest BCUT2D eigenvalue weighted by Crippen LogP contribution is -2.42. The summed E-state index contributed by atoms with van der Waals surface area (Å²) in [5.74, 6) is 2.76. The molecule has 0 fully saturated rings. The van der Waals surface area contributed by atoms with Gasteiger partial charge in [-0.3, -0.25) is 5.32 Å². The molecule has 13 heavy (non-hydrogen) atoms. The van der Waals surface area contributed by atoms with E-state index in [9.17, 15) is 0 Å². The van der Waals surface area contributed by atoms with Crippen molar-refractivity contribution >= 4 is 0 Å². The Morgan fingerprint density at radius 3 is 2.31 bits per heavy atom. The third kappa shape index (κ3) is 5.68. The highest BCUT2D eigenvalue weighted by molar-refractivity contribution is 4.99. The van der Waals surface area contributed by atoms with Crippen molar-refractivity contribution < 1.29 is 0 Å². The molecule has 0 spiro atoms. The van der Waals surface area contributed by atoms with Gasteiger partial charge in [-0.05, 0) is 12.8 Å². The molecule has 2 atom stereocenters. The highest BCUT2D eigenvalue weighted by atomic mass is 15.0. The van der Waals surface area contributed by atoms with Gasteiger partial charge >= 0.3 is 0 Å². The summed E-state index contributed by atoms with van der Waals surface area (Å²) in [6, 6.07) is 0.586. The van der Waals surface area contributed by atoms with Crippen LogP contribution in [-0.4, -0.2) is 18.6 Å². The van der Waals surface area contributed by atoms with Gasteiger partial charge in [0, 0.05) is 12.6 Å². The van der Waals surface area contributed by atoms with E-state index in [2.05, 4.69) is 25.1 Å². The van der Waals surface area contributed by atoms with Gasteiger partial charge in [0.1, 0.15) is 0 Å². The van der Waals surface area contributed by atoms with E-state index in [1.807, 2.05) is 0 Å². The smallest absolute Gasteiger partial charge is 0.0689 e. The van der Waals surface area contributed by atoms with Crippen molar-refractivity contribution in [1.82, 2.24) is 5.32 Å². The molecule has 0 radical (unpaired) electrons. The summed E-state index contributed by atoms with van der Waals surface area (Å²) in [5, 5.41) is 3.39. The van der Waals surface area contributed by atoms with Crippen LogP contribution in [0.3, 0.4) is 0 Å². The fraction of sp³-hybridized carbons (Fsp3) is 0.818. The van der Waals surface area contributed by atoms with Crippen LogP contribution in [0.15, 0.2) is 0 Å². The molecule has 0 saturated carbocycles. The first-order chi connectivity index (χ1) is 6.28. The van der Waals surface area contributed by atoms with Gasteiger partial charge in [-0.1, -0.05) is 32.6 Å². The molecule has 2 nitrogen and oxygen atoms in total. The van der Waals surface area contributed by atoms with Crippen LogP contribution in [0, 0.1) is 12.3 Å². The minimum absolute atomic E-state index is 0.199. The monoisotopic (exact) mass is 182 g/mol. The number of hydrogen-bond acceptors (Lipinski definition) is 2. The molecule has 0 aliphatic rings. The summed E-state index contributed by atoms with van der Waals surface area (Å²) < 4.78 is 0. The Labute approximate surface area is 82.3 Å². The van der Waals surface area contributed by atoms with Crippen LogP contribution in [-0.2, 0) is 0 Å². The number of terminal acetylenes is 1. The first-order valence-corrected chi connectivity index (χ1v) is 5.20. The van der Waals surface area contributed by atoms with Gasteiger partial charge in [-0.25, -0.2) is 0 Å². The standard InChI is InChI=1S/C11H22N2/c1-4-7-10(6-3)13-11(9-12)8-5-2/h3,10-11,13H,4-5,7-9,12H2,1-2H3. The lowest BCUT2D eigenvalue weighted by Gasteiger charge is -2.20. The molecule has 0 aromatic heterocycles. The zero-order chi connectivity index (χ0) is 10.1. The molecule has 2 heteroatoms. The zero-order valence-corrected chi connectivity index (χ0v) is 8.84. The van der Waals surface area contributed by atoms with Crippen molar-refractivity contribution in [1.29, 1.82) is 0 Å². The summed E-state index contributed by atoms with van der Waals surface area (Å²) in [6.45, 7) is 4.98. The van der Waals surface area contributed by atoms with Crippen molar-refractivity contribution in [2.75, 3.05) is 6.54 Å². The molecule has 76 valence electrons. The van der Waals surface area contributed by atoms with Crippen molar-refractivity contribution in [3.63, 3.8) is 0 Å². The van der Waals surface area contributed by atoms with Crippen LogP contribution in [0.5, 0.6) is 0 Å². The fourth-order valence-electron chi connectivity index (χ4n) is 1.41. The number of nitrogens with one attached hydrogen (secondary N) is 1. The van der Waals surface area contributed by atoms with Crippen molar-refractivity contribution in [3.8, 4) is 12.3 Å². The van der Waals surface area contributed by atoms with Crippen LogP contribution in [0.4, 0.5) is 0 Å². The van der Waals surface area contributed by atoms with Gasteiger partial charge in [-0.2, -0.15) is 0 Å². The van der Waals surface area contributed by atoms with E-state index in [1.54, 1.807) is 0 Å². The molecule has 0 rings (SSSR count). The van der Waals surface area contributed by atoms with Gasteiger partial charge in [0.15, 0.2) is 0 Å². The van der Waals surface area contributed by atoms with Crippen molar-refractivity contribution in [3.05, 3.63) is 0 Å². The second-order valence-corrected chi connectivity index (χ2v) is 3.40. The summed E-state index contributed by atoms with van der Waals surface area (Å²) in [7, 11) is 0. The number of nitrogens with two attached hydrogens (primary N) is 1. The van der Waals surface area contributed by atoms with Crippen molar-refractivity contribution in [2.45, 2.75) is 51.6 Å². The van der Waals surface area contributed by atoms with Gasteiger partial charge in [-0.15, -0.1) is 6.42 Å². The average Bonchev–Trinajstić information content (AvgIpc) is 2.16. The summed E-state index contributed by atoms with van der Waals surface area (Å²) in [6.07, 6.45) is 9.82. The molecule has 0 aromatic rings. The van der Waals surface area contributed by atoms with E-state index in [1.165, 1.54) is 0 Å². The molecule has 3 N–H and O–H groups in total. The Hall–Kier alpha value is -0.520. The number of rotatable bonds is 7. The van der Waals surface area contributed by atoms with Crippen LogP contribution in [0.1, 0.15) is 39.5 Å². The summed E-state index contributed by atoms with van der Waals surface area (Å²) in [4.78, 5) is 0. The Bertz CT molecular complexity index is 149. The van der Waals surface area contributed by atoms with Crippen molar-refractivity contribution in [2.24, 2.45) is 5.73 Å². The topological polar surface area (TPSA) is 38.0 Å². The Kier molecular flexibility index (Phi) is 7.77. The minimum Gasteiger partial charge on any atom is -0.329 e. The van der Waals surface area contributed by atoms with Gasteiger partial charge in [0.05, 0.1) is 6.04 Å². The maximum Gasteiger partial charge on any atom is 0.0689 e. The predicted octanol–water partition coefficient (Wildman–Crippen LogP) is 1.51. The molecule has 0 heterocycles. The Balaban J connectivity index is 3.82.